The van der Waals surface area contributed by atoms with Crippen LogP contribution in [0.4, 0.5) is 0 Å². The number of aliphatic hydroxyl groups excluding tert-OH is 1. The maximum Gasteiger partial charge on any atom is 0.153 e. The third-order valence-corrected chi connectivity index (χ3v) is 13.9. The van der Waals surface area contributed by atoms with Crippen LogP contribution in [0.2, 0.25) is 0 Å². The summed E-state index contributed by atoms with van der Waals surface area (Å²) in [5.74, 6) is 0.806. The number of epoxide rings is 1. The van der Waals surface area contributed by atoms with Crippen LogP contribution in [0.25, 0.3) is 16.5 Å². The number of aromatic nitrogens is 1. The van der Waals surface area contributed by atoms with E-state index in [-0.39, 0.29) is 22.7 Å². The molecule has 3 N–H and O–H groups in total. The van der Waals surface area contributed by atoms with Gasteiger partial charge in [0.1, 0.15) is 23.9 Å². The van der Waals surface area contributed by atoms with E-state index in [2.05, 4.69) is 71.3 Å². The van der Waals surface area contributed by atoms with Crippen LogP contribution < -0.4 is 0 Å². The van der Waals surface area contributed by atoms with E-state index in [9.17, 15) is 10.2 Å². The first-order chi connectivity index (χ1) is 20.1. The van der Waals surface area contributed by atoms with E-state index in [0.717, 1.165) is 37.7 Å². The zero-order valence-electron chi connectivity index (χ0n) is 26.8. The number of ether oxygens (including phenoxy) is 3. The van der Waals surface area contributed by atoms with Gasteiger partial charge in [-0.3, -0.25) is 0 Å². The van der Waals surface area contributed by atoms with Crippen molar-refractivity contribution in [1.82, 2.24) is 4.98 Å². The fourth-order valence-electron chi connectivity index (χ4n) is 11.8. The van der Waals surface area contributed by atoms with Crippen LogP contribution >= 0.6 is 0 Å². The number of rotatable bonds is 1. The van der Waals surface area contributed by atoms with E-state index in [1.165, 1.54) is 38.9 Å². The van der Waals surface area contributed by atoms with Crippen molar-refractivity contribution in [3.8, 4) is 0 Å². The first kappa shape index (κ1) is 27.4. The average Bonchev–Trinajstić information content (AvgIpc) is 3.33. The monoisotopic (exact) mass is 585 g/mol. The Balaban J connectivity index is 1.15. The van der Waals surface area contributed by atoms with Crippen LogP contribution in [-0.2, 0) is 32.5 Å². The highest BCUT2D eigenvalue weighted by atomic mass is 16.7. The number of hydrogen-bond acceptors (Lipinski definition) is 5. The normalized spacial score (nSPS) is 47.8. The Hall–Kier alpha value is -1.96. The van der Waals surface area contributed by atoms with Gasteiger partial charge in [0.25, 0.3) is 0 Å². The number of fused-ring (bicyclic) bond motifs is 10. The molecule has 1 aromatic heterocycles. The molecule has 7 aliphatic rings. The van der Waals surface area contributed by atoms with E-state index >= 15 is 0 Å². The highest BCUT2D eigenvalue weighted by molar-refractivity contribution is 5.92. The first-order valence-corrected chi connectivity index (χ1v) is 16.6. The molecule has 0 unspecified atom stereocenters. The molecular weight excluding hydrogens is 538 g/mol. The number of nitrogens with one attached hydrogen (secondary N) is 1. The van der Waals surface area contributed by atoms with Gasteiger partial charge in [0.15, 0.2) is 5.60 Å². The lowest BCUT2D eigenvalue weighted by molar-refractivity contribution is -0.265. The number of hydrogen-bond donors (Lipinski definition) is 3. The van der Waals surface area contributed by atoms with Gasteiger partial charge in [-0.05, 0) is 125 Å². The summed E-state index contributed by atoms with van der Waals surface area (Å²) >= 11 is 0. The molecule has 10 atom stereocenters. The van der Waals surface area contributed by atoms with Gasteiger partial charge in [0.2, 0.25) is 0 Å². The van der Waals surface area contributed by atoms with Crippen molar-refractivity contribution in [2.24, 2.45) is 17.3 Å². The van der Waals surface area contributed by atoms with Crippen LogP contribution in [0.15, 0.2) is 30.4 Å². The summed E-state index contributed by atoms with van der Waals surface area (Å²) in [6.45, 7) is 19.5. The minimum absolute atomic E-state index is 0.217. The SMILES string of the molecule is C=C(C)[C@H]1O[C@H]2CC[C@@]3(C)[C@@](O)(CC[C@H]4Cc5c([nH]c6cc7c(cc56)C[C@H]5C7=CC(C)(C)OC5(C)C)[C@@]43C)[C@]23O[C@@H]3[C@H]1O. The molecule has 0 bridgehead atoms. The van der Waals surface area contributed by atoms with E-state index in [1.807, 2.05) is 6.92 Å². The van der Waals surface area contributed by atoms with Gasteiger partial charge < -0.3 is 29.4 Å². The van der Waals surface area contributed by atoms with Crippen LogP contribution in [0, 0.1) is 17.3 Å². The minimum atomic E-state index is -1.10. The minimum Gasteiger partial charge on any atom is -0.387 e. The Morgan fingerprint density at radius 1 is 1.05 bits per heavy atom. The number of H-pyrrole nitrogens is 1. The summed E-state index contributed by atoms with van der Waals surface area (Å²) in [7, 11) is 0. The average molecular weight is 586 g/mol. The molecule has 2 aromatic rings. The van der Waals surface area contributed by atoms with Gasteiger partial charge in [-0.1, -0.05) is 20.4 Å². The molecule has 6 heteroatoms. The lowest BCUT2D eigenvalue weighted by atomic mass is 9.40. The Bertz CT molecular complexity index is 1670. The predicted octanol–water partition coefficient (Wildman–Crippen LogP) is 5.91. The zero-order chi connectivity index (χ0) is 30.3. The second-order valence-corrected chi connectivity index (χ2v) is 16.8. The molecule has 1 spiro atoms. The van der Waals surface area contributed by atoms with Gasteiger partial charge >= 0.3 is 0 Å². The van der Waals surface area contributed by atoms with Gasteiger partial charge in [0, 0.05) is 33.3 Å². The number of benzene rings is 1. The smallest absolute Gasteiger partial charge is 0.153 e. The Kier molecular flexibility index (Phi) is 4.90. The van der Waals surface area contributed by atoms with E-state index in [1.54, 1.807) is 0 Å². The molecule has 0 amide bonds. The van der Waals surface area contributed by atoms with Crippen molar-refractivity contribution < 1.29 is 24.4 Å². The summed E-state index contributed by atoms with van der Waals surface area (Å²) in [6, 6.07) is 4.87. The molecule has 2 saturated heterocycles. The third kappa shape index (κ3) is 2.91. The maximum atomic E-state index is 13.0. The lowest BCUT2D eigenvalue weighted by Gasteiger charge is -2.66. The van der Waals surface area contributed by atoms with Crippen molar-refractivity contribution in [2.45, 2.75) is 139 Å². The Morgan fingerprint density at radius 2 is 1.81 bits per heavy atom. The van der Waals surface area contributed by atoms with Gasteiger partial charge in [-0.25, -0.2) is 0 Å². The van der Waals surface area contributed by atoms with E-state index in [0.29, 0.717) is 18.3 Å². The highest BCUT2D eigenvalue weighted by Crippen LogP contribution is 2.75. The summed E-state index contributed by atoms with van der Waals surface area (Å²) in [4.78, 5) is 3.98. The fraction of sp³-hybridized carbons (Fsp3) is 0.676. The predicted molar refractivity (Wildman–Crippen MR) is 166 cm³/mol. The summed E-state index contributed by atoms with van der Waals surface area (Å²) in [6.07, 6.45) is 5.74. The number of aromatic amines is 1. The largest absolute Gasteiger partial charge is 0.387 e. The van der Waals surface area contributed by atoms with Crippen molar-refractivity contribution in [2.75, 3.05) is 0 Å². The molecule has 230 valence electrons. The molecule has 4 aliphatic carbocycles. The molecule has 43 heavy (non-hydrogen) atoms. The molecule has 6 nitrogen and oxygen atoms in total. The third-order valence-electron chi connectivity index (χ3n) is 13.9. The fourth-order valence-corrected chi connectivity index (χ4v) is 11.8. The quantitative estimate of drug-likeness (QED) is 0.286. The van der Waals surface area contributed by atoms with Crippen molar-refractivity contribution in [3.05, 3.63) is 52.7 Å². The van der Waals surface area contributed by atoms with Crippen molar-refractivity contribution >= 4 is 16.5 Å². The Morgan fingerprint density at radius 3 is 2.56 bits per heavy atom. The van der Waals surface area contributed by atoms with Gasteiger partial charge in [-0.2, -0.15) is 0 Å². The summed E-state index contributed by atoms with van der Waals surface area (Å²) in [5.41, 5.74) is 5.81. The topological polar surface area (TPSA) is 87.2 Å². The molecule has 3 aliphatic heterocycles. The van der Waals surface area contributed by atoms with E-state index < -0.39 is 34.9 Å². The lowest BCUT2D eigenvalue weighted by Crippen LogP contribution is -2.76. The summed E-state index contributed by atoms with van der Waals surface area (Å²) < 4.78 is 19.5. The molecular formula is C37H47NO5. The van der Waals surface area contributed by atoms with Crippen LogP contribution in [0.5, 0.6) is 0 Å². The standard InChI is InChI=1S/C37H47NO5/c1-18(2)29-28(39)31-37(42-31)27(41-29)10-11-34(7)35(8)20(9-12-36(34,37)40)15-23-22-13-19-14-25-24(17-32(3,4)43-33(25,5)6)21(19)16-26(22)38-30(23)35/h13,16-17,20,25,27-29,31,38-40H,1,9-12,14-15H2,2-8H3/t20-,25-,27-,28-,29+,31+,34+,35+,36-,37-/m0/s1. The maximum absolute atomic E-state index is 13.0. The van der Waals surface area contributed by atoms with Crippen molar-refractivity contribution in [3.63, 3.8) is 0 Å². The van der Waals surface area contributed by atoms with Crippen molar-refractivity contribution in [1.29, 1.82) is 0 Å². The second kappa shape index (κ2) is 7.70. The highest BCUT2D eigenvalue weighted by Gasteiger charge is 2.86. The van der Waals surface area contributed by atoms with Crippen LogP contribution in [0.3, 0.4) is 0 Å². The molecule has 0 radical (unpaired) electrons. The molecule has 2 saturated carbocycles. The Labute approximate surface area is 254 Å². The second-order valence-electron chi connectivity index (χ2n) is 16.8. The molecule has 4 heterocycles. The molecule has 4 fully saturated rings. The van der Waals surface area contributed by atoms with E-state index in [4.69, 9.17) is 14.2 Å². The van der Waals surface area contributed by atoms with Crippen LogP contribution in [0.1, 0.15) is 96.5 Å². The van der Waals surface area contributed by atoms with Gasteiger partial charge in [0.05, 0.1) is 17.3 Å². The number of aliphatic hydroxyl groups is 2. The molecule has 1 aromatic carbocycles. The van der Waals surface area contributed by atoms with Crippen LogP contribution in [-0.4, -0.2) is 62.0 Å². The molecule has 9 rings (SSSR count). The first-order valence-electron chi connectivity index (χ1n) is 16.6. The zero-order valence-corrected chi connectivity index (χ0v) is 26.8. The summed E-state index contributed by atoms with van der Waals surface area (Å²) in [5, 5.41) is 25.6. The van der Waals surface area contributed by atoms with Gasteiger partial charge in [-0.15, -0.1) is 0 Å².